The molecule has 0 heterocycles. The van der Waals surface area contributed by atoms with E-state index in [2.05, 4.69) is 4.72 Å². The largest absolute Gasteiger partial charge is 0.393 e. The maximum absolute atomic E-state index is 13.8. The summed E-state index contributed by atoms with van der Waals surface area (Å²) in [5.41, 5.74) is 0.903. The summed E-state index contributed by atoms with van der Waals surface area (Å²) in [7, 11) is -3.82. The highest BCUT2D eigenvalue weighted by Crippen LogP contribution is 2.32. The van der Waals surface area contributed by atoms with E-state index in [-0.39, 0.29) is 17.5 Å². The molecule has 26 heavy (non-hydrogen) atoms. The van der Waals surface area contributed by atoms with Crippen molar-refractivity contribution in [1.29, 1.82) is 0 Å². The molecular weight excluding hydrogens is 360 g/mol. The van der Waals surface area contributed by atoms with Crippen LogP contribution in [0, 0.1) is 17.6 Å². The predicted octanol–water partition coefficient (Wildman–Crippen LogP) is 2.77. The SMILES string of the molecule is O=S(=O)(Cc1ccc(F)cc1F)N[C@@H](Cc1ccccc1)C1CC(O)C1. The lowest BCUT2D eigenvalue weighted by Gasteiger charge is -2.38. The first-order valence-corrected chi connectivity index (χ1v) is 10.1. The molecule has 2 aromatic rings. The van der Waals surface area contributed by atoms with Gasteiger partial charge in [0, 0.05) is 17.7 Å². The Labute approximate surface area is 151 Å². The Morgan fingerprint density at radius 3 is 2.42 bits per heavy atom. The number of hydrogen-bond acceptors (Lipinski definition) is 3. The lowest BCUT2D eigenvalue weighted by molar-refractivity contribution is 0.0283. The highest BCUT2D eigenvalue weighted by Gasteiger charge is 2.36. The Hall–Kier alpha value is -1.83. The van der Waals surface area contributed by atoms with Crippen molar-refractivity contribution in [2.45, 2.75) is 37.2 Å². The molecule has 1 aliphatic rings. The van der Waals surface area contributed by atoms with Crippen molar-refractivity contribution in [1.82, 2.24) is 4.72 Å². The first-order chi connectivity index (χ1) is 12.3. The molecule has 0 amide bonds. The third-order valence-electron chi connectivity index (χ3n) is 4.71. The van der Waals surface area contributed by atoms with Crippen LogP contribution in [0.3, 0.4) is 0 Å². The molecule has 140 valence electrons. The van der Waals surface area contributed by atoms with E-state index in [4.69, 9.17) is 0 Å². The van der Waals surface area contributed by atoms with Crippen molar-refractivity contribution < 1.29 is 22.3 Å². The minimum atomic E-state index is -3.82. The van der Waals surface area contributed by atoms with Gasteiger partial charge in [-0.15, -0.1) is 0 Å². The maximum atomic E-state index is 13.8. The van der Waals surface area contributed by atoms with Crippen LogP contribution >= 0.6 is 0 Å². The van der Waals surface area contributed by atoms with E-state index >= 15 is 0 Å². The van der Waals surface area contributed by atoms with Gasteiger partial charge in [0.2, 0.25) is 10.0 Å². The molecule has 0 saturated heterocycles. The Morgan fingerprint density at radius 2 is 1.81 bits per heavy atom. The molecule has 2 N–H and O–H groups in total. The summed E-state index contributed by atoms with van der Waals surface area (Å²) in [6, 6.07) is 11.9. The summed E-state index contributed by atoms with van der Waals surface area (Å²) in [5.74, 6) is -2.16. The van der Waals surface area contributed by atoms with Crippen LogP contribution in [-0.2, 0) is 22.2 Å². The van der Waals surface area contributed by atoms with Crippen LogP contribution in [0.1, 0.15) is 24.0 Å². The maximum Gasteiger partial charge on any atom is 0.216 e. The Balaban J connectivity index is 1.74. The van der Waals surface area contributed by atoms with Crippen LogP contribution in [0.5, 0.6) is 0 Å². The van der Waals surface area contributed by atoms with Crippen LogP contribution in [0.4, 0.5) is 8.78 Å². The smallest absolute Gasteiger partial charge is 0.216 e. The monoisotopic (exact) mass is 381 g/mol. The van der Waals surface area contributed by atoms with Gasteiger partial charge in [-0.05, 0) is 36.8 Å². The van der Waals surface area contributed by atoms with Crippen LogP contribution in [0.25, 0.3) is 0 Å². The highest BCUT2D eigenvalue weighted by molar-refractivity contribution is 7.88. The lowest BCUT2D eigenvalue weighted by atomic mass is 9.76. The molecule has 0 aromatic heterocycles. The zero-order valence-corrected chi connectivity index (χ0v) is 14.9. The molecule has 4 nitrogen and oxygen atoms in total. The van der Waals surface area contributed by atoms with Gasteiger partial charge in [-0.2, -0.15) is 0 Å². The predicted molar refractivity (Wildman–Crippen MR) is 94.8 cm³/mol. The van der Waals surface area contributed by atoms with Gasteiger partial charge in [0.1, 0.15) is 11.6 Å². The van der Waals surface area contributed by atoms with Gasteiger partial charge in [-0.1, -0.05) is 36.4 Å². The fourth-order valence-corrected chi connectivity index (χ4v) is 4.71. The minimum absolute atomic E-state index is 0.0260. The Morgan fingerprint density at radius 1 is 1.12 bits per heavy atom. The van der Waals surface area contributed by atoms with Crippen molar-refractivity contribution in [2.24, 2.45) is 5.92 Å². The molecule has 1 fully saturated rings. The van der Waals surface area contributed by atoms with Crippen molar-refractivity contribution in [3.8, 4) is 0 Å². The minimum Gasteiger partial charge on any atom is -0.393 e. The zero-order valence-electron chi connectivity index (χ0n) is 14.1. The Bertz CT molecular complexity index is 852. The number of aliphatic hydroxyl groups excluding tert-OH is 1. The summed E-state index contributed by atoms with van der Waals surface area (Å²) >= 11 is 0. The fourth-order valence-electron chi connectivity index (χ4n) is 3.25. The van der Waals surface area contributed by atoms with Gasteiger partial charge in [-0.3, -0.25) is 0 Å². The van der Waals surface area contributed by atoms with Crippen LogP contribution < -0.4 is 4.72 Å². The van der Waals surface area contributed by atoms with Crippen molar-refractivity contribution in [3.05, 3.63) is 71.3 Å². The van der Waals surface area contributed by atoms with Crippen molar-refractivity contribution >= 4 is 10.0 Å². The molecule has 0 radical (unpaired) electrons. The summed E-state index contributed by atoms with van der Waals surface area (Å²) in [6.45, 7) is 0. The molecule has 0 aliphatic heterocycles. The quantitative estimate of drug-likeness (QED) is 0.775. The second-order valence-electron chi connectivity index (χ2n) is 6.79. The number of benzene rings is 2. The van der Waals surface area contributed by atoms with E-state index in [1.54, 1.807) is 0 Å². The van der Waals surface area contributed by atoms with Gasteiger partial charge in [0.15, 0.2) is 0 Å². The number of hydrogen-bond donors (Lipinski definition) is 2. The summed E-state index contributed by atoms with van der Waals surface area (Å²) in [4.78, 5) is 0. The molecule has 0 unspecified atom stereocenters. The lowest BCUT2D eigenvalue weighted by Crippen LogP contribution is -2.48. The molecule has 0 spiro atoms. The fraction of sp³-hybridized carbons (Fsp3) is 0.368. The number of nitrogens with one attached hydrogen (secondary N) is 1. The first-order valence-electron chi connectivity index (χ1n) is 8.48. The first kappa shape index (κ1) is 18.9. The average molecular weight is 381 g/mol. The van der Waals surface area contributed by atoms with Crippen molar-refractivity contribution in [2.75, 3.05) is 0 Å². The number of rotatable bonds is 7. The topological polar surface area (TPSA) is 66.4 Å². The summed E-state index contributed by atoms with van der Waals surface area (Å²) < 4.78 is 54.5. The molecule has 7 heteroatoms. The molecule has 1 aliphatic carbocycles. The van der Waals surface area contributed by atoms with Gasteiger partial charge in [0.05, 0.1) is 11.9 Å². The molecule has 0 bridgehead atoms. The van der Waals surface area contributed by atoms with Crippen molar-refractivity contribution in [3.63, 3.8) is 0 Å². The van der Waals surface area contributed by atoms with Crippen LogP contribution in [0.15, 0.2) is 48.5 Å². The van der Waals surface area contributed by atoms with E-state index in [0.717, 1.165) is 17.7 Å². The molecule has 1 atom stereocenters. The Kier molecular flexibility index (Phi) is 5.70. The summed E-state index contributed by atoms with van der Waals surface area (Å²) in [5, 5.41) is 9.57. The molecule has 1 saturated carbocycles. The van der Waals surface area contributed by atoms with Gasteiger partial charge < -0.3 is 5.11 Å². The molecule has 2 aromatic carbocycles. The highest BCUT2D eigenvalue weighted by atomic mass is 32.2. The van der Waals surface area contributed by atoms with Gasteiger partial charge >= 0.3 is 0 Å². The third-order valence-corrected chi connectivity index (χ3v) is 6.06. The van der Waals surface area contributed by atoms with Crippen LogP contribution in [0.2, 0.25) is 0 Å². The van der Waals surface area contributed by atoms with Gasteiger partial charge in [0.25, 0.3) is 0 Å². The second kappa shape index (κ2) is 7.82. The van der Waals surface area contributed by atoms with E-state index < -0.39 is 33.5 Å². The van der Waals surface area contributed by atoms with Gasteiger partial charge in [-0.25, -0.2) is 21.9 Å². The van der Waals surface area contributed by atoms with E-state index in [0.29, 0.717) is 25.3 Å². The second-order valence-corrected chi connectivity index (χ2v) is 8.55. The molecule has 3 rings (SSSR count). The molecular formula is C19H21F2NO3S. The van der Waals surface area contributed by atoms with E-state index in [1.165, 1.54) is 0 Å². The number of sulfonamides is 1. The normalized spacial score (nSPS) is 21.2. The number of aliphatic hydroxyl groups is 1. The average Bonchev–Trinajstić information content (AvgIpc) is 2.55. The standard InChI is InChI=1S/C19H21F2NO3S/c20-16-7-6-14(18(21)11-16)12-26(24,25)22-19(15-9-17(23)10-15)8-13-4-2-1-3-5-13/h1-7,11,15,17,19,22-23H,8-10,12H2/t15?,17?,19-/m0/s1. The number of halogens is 2. The van der Waals surface area contributed by atoms with E-state index in [1.807, 2.05) is 30.3 Å². The third kappa shape index (κ3) is 4.87. The van der Waals surface area contributed by atoms with E-state index in [9.17, 15) is 22.3 Å². The van der Waals surface area contributed by atoms with Crippen LogP contribution in [-0.4, -0.2) is 25.7 Å². The summed E-state index contributed by atoms with van der Waals surface area (Å²) in [6.07, 6.45) is 1.15. The zero-order chi connectivity index (χ0) is 18.7.